The lowest BCUT2D eigenvalue weighted by molar-refractivity contribution is 0.0964. The Bertz CT molecular complexity index is 996. The van der Waals surface area contributed by atoms with Gasteiger partial charge < -0.3 is 10.6 Å². The van der Waals surface area contributed by atoms with Crippen LogP contribution in [0.5, 0.6) is 0 Å². The van der Waals surface area contributed by atoms with Gasteiger partial charge in [0.2, 0.25) is 0 Å². The minimum atomic E-state index is -0.327. The molecule has 1 aromatic heterocycles. The van der Waals surface area contributed by atoms with Crippen LogP contribution in [-0.2, 0) is 6.54 Å². The molecule has 0 spiro atoms. The van der Waals surface area contributed by atoms with E-state index in [1.54, 1.807) is 29.1 Å². The van der Waals surface area contributed by atoms with Crippen LogP contribution in [0.25, 0.3) is 5.69 Å². The molecule has 124 valence electrons. The zero-order chi connectivity index (χ0) is 17.4. The molecule has 0 bridgehead atoms. The second kappa shape index (κ2) is 6.18. The van der Waals surface area contributed by atoms with Crippen LogP contribution in [0, 0.1) is 0 Å². The predicted molar refractivity (Wildman–Crippen MR) is 96.8 cm³/mol. The summed E-state index contributed by atoms with van der Waals surface area (Å²) < 4.78 is 2.57. The first-order chi connectivity index (χ1) is 12.1. The maximum absolute atomic E-state index is 12.4. The Kier molecular flexibility index (Phi) is 3.85. The molecule has 3 aromatic rings. The minimum absolute atomic E-state index is 0.120. The van der Waals surface area contributed by atoms with Crippen molar-refractivity contribution in [2.75, 3.05) is 5.32 Å². The highest BCUT2D eigenvalue weighted by molar-refractivity contribution is 9.10. The van der Waals surface area contributed by atoms with Crippen molar-refractivity contribution in [1.82, 2.24) is 15.1 Å². The van der Waals surface area contributed by atoms with E-state index in [0.717, 1.165) is 15.7 Å². The minimum Gasteiger partial charge on any atom is -0.348 e. The average molecular weight is 397 g/mol. The molecule has 0 fully saturated rings. The smallest absolute Gasteiger partial charge is 0.276 e. The van der Waals surface area contributed by atoms with Gasteiger partial charge in [0.1, 0.15) is 0 Å². The van der Waals surface area contributed by atoms with Crippen molar-refractivity contribution in [2.45, 2.75) is 6.54 Å². The molecule has 25 heavy (non-hydrogen) atoms. The molecule has 0 saturated carbocycles. The topological polar surface area (TPSA) is 76.0 Å². The van der Waals surface area contributed by atoms with E-state index in [9.17, 15) is 9.59 Å². The number of nitrogens with one attached hydrogen (secondary N) is 2. The molecule has 1 aliphatic heterocycles. The molecule has 2 amide bonds. The van der Waals surface area contributed by atoms with Gasteiger partial charge in [-0.25, -0.2) is 4.68 Å². The number of amides is 2. The van der Waals surface area contributed by atoms with Crippen LogP contribution < -0.4 is 10.6 Å². The Morgan fingerprint density at radius 1 is 1.20 bits per heavy atom. The summed E-state index contributed by atoms with van der Waals surface area (Å²) in [4.78, 5) is 24.1. The lowest BCUT2D eigenvalue weighted by Crippen LogP contribution is -2.14. The van der Waals surface area contributed by atoms with E-state index >= 15 is 0 Å². The van der Waals surface area contributed by atoms with Gasteiger partial charge in [0, 0.05) is 28.5 Å². The van der Waals surface area contributed by atoms with Gasteiger partial charge in [0.05, 0.1) is 5.69 Å². The fraction of sp³-hybridized carbons (Fsp3) is 0.0556. The maximum Gasteiger partial charge on any atom is 0.276 e. The van der Waals surface area contributed by atoms with Gasteiger partial charge in [-0.3, -0.25) is 9.59 Å². The number of carbonyl (C=O) groups excluding carboxylic acids is 2. The first kappa shape index (κ1) is 15.6. The highest BCUT2D eigenvalue weighted by Gasteiger charge is 2.19. The third-order valence-electron chi connectivity index (χ3n) is 3.95. The van der Waals surface area contributed by atoms with Crippen molar-refractivity contribution < 1.29 is 9.59 Å². The molecular formula is C18H13BrN4O2. The number of halogens is 1. The van der Waals surface area contributed by atoms with Gasteiger partial charge >= 0.3 is 0 Å². The highest BCUT2D eigenvalue weighted by Crippen LogP contribution is 2.21. The monoisotopic (exact) mass is 396 g/mol. The number of hydrogen-bond acceptors (Lipinski definition) is 3. The summed E-state index contributed by atoms with van der Waals surface area (Å²) in [6.07, 6.45) is 1.73. The van der Waals surface area contributed by atoms with Crippen LogP contribution in [0.3, 0.4) is 0 Å². The van der Waals surface area contributed by atoms with E-state index in [-0.39, 0.29) is 11.8 Å². The Balaban J connectivity index is 1.54. The normalized spacial score (nSPS) is 12.6. The molecule has 6 nitrogen and oxygen atoms in total. The van der Waals surface area contributed by atoms with Gasteiger partial charge in [-0.2, -0.15) is 5.10 Å². The number of carbonyl (C=O) groups is 2. The van der Waals surface area contributed by atoms with Crippen molar-refractivity contribution in [3.8, 4) is 5.69 Å². The van der Waals surface area contributed by atoms with Gasteiger partial charge in [-0.15, -0.1) is 0 Å². The Hall–Kier alpha value is -2.93. The van der Waals surface area contributed by atoms with E-state index in [2.05, 4.69) is 31.7 Å². The van der Waals surface area contributed by atoms with E-state index in [1.807, 2.05) is 30.3 Å². The van der Waals surface area contributed by atoms with Crippen LogP contribution in [0.4, 0.5) is 5.69 Å². The van der Waals surface area contributed by atoms with Crippen molar-refractivity contribution in [3.63, 3.8) is 0 Å². The summed E-state index contributed by atoms with van der Waals surface area (Å²) in [5, 5.41) is 9.84. The number of aromatic nitrogens is 2. The molecule has 0 saturated heterocycles. The van der Waals surface area contributed by atoms with E-state index in [0.29, 0.717) is 23.5 Å². The summed E-state index contributed by atoms with van der Waals surface area (Å²) in [5.74, 6) is -0.447. The largest absolute Gasteiger partial charge is 0.348 e. The standard InChI is InChI=1S/C18H13BrN4O2/c19-12-2-1-3-14(8-12)23-7-6-16(22-23)18(25)21-13-5-4-11-10-20-17(24)15(11)9-13/h1-9H,10H2,(H,20,24)(H,21,25). The second-order valence-corrected chi connectivity index (χ2v) is 6.55. The maximum atomic E-state index is 12.4. The zero-order valence-electron chi connectivity index (χ0n) is 13.0. The molecular weight excluding hydrogens is 384 g/mol. The summed E-state index contributed by atoms with van der Waals surface area (Å²) in [6.45, 7) is 0.527. The molecule has 0 atom stereocenters. The molecule has 0 radical (unpaired) electrons. The molecule has 2 N–H and O–H groups in total. The van der Waals surface area contributed by atoms with Crippen LogP contribution in [0.1, 0.15) is 26.4 Å². The Morgan fingerprint density at radius 3 is 2.92 bits per heavy atom. The lowest BCUT2D eigenvalue weighted by atomic mass is 10.1. The van der Waals surface area contributed by atoms with E-state index in [1.165, 1.54) is 0 Å². The van der Waals surface area contributed by atoms with Gasteiger partial charge in [0.25, 0.3) is 11.8 Å². The SMILES string of the molecule is O=C(Nc1ccc2c(c1)C(=O)NC2)c1ccn(-c2cccc(Br)c2)n1. The zero-order valence-corrected chi connectivity index (χ0v) is 14.6. The van der Waals surface area contributed by atoms with Crippen molar-refractivity contribution in [1.29, 1.82) is 0 Å². The number of benzene rings is 2. The van der Waals surface area contributed by atoms with E-state index < -0.39 is 0 Å². The van der Waals surface area contributed by atoms with Crippen molar-refractivity contribution in [3.05, 3.63) is 76.0 Å². The summed E-state index contributed by atoms with van der Waals surface area (Å²) in [5.41, 5.74) is 3.24. The number of rotatable bonds is 3. The van der Waals surface area contributed by atoms with Gasteiger partial charge in [-0.05, 0) is 42.0 Å². The predicted octanol–water partition coefficient (Wildman–Crippen LogP) is 3.13. The quantitative estimate of drug-likeness (QED) is 0.713. The Labute approximate surface area is 152 Å². The second-order valence-electron chi connectivity index (χ2n) is 5.63. The van der Waals surface area contributed by atoms with Crippen LogP contribution in [0.2, 0.25) is 0 Å². The number of fused-ring (bicyclic) bond motifs is 1. The van der Waals surface area contributed by atoms with Crippen LogP contribution >= 0.6 is 15.9 Å². The highest BCUT2D eigenvalue weighted by atomic mass is 79.9. The first-order valence-corrected chi connectivity index (χ1v) is 8.43. The fourth-order valence-electron chi connectivity index (χ4n) is 2.69. The van der Waals surface area contributed by atoms with Crippen LogP contribution in [-0.4, -0.2) is 21.6 Å². The van der Waals surface area contributed by atoms with Crippen molar-refractivity contribution >= 4 is 33.4 Å². The molecule has 0 aliphatic carbocycles. The lowest BCUT2D eigenvalue weighted by Gasteiger charge is -2.05. The summed E-state index contributed by atoms with van der Waals surface area (Å²) >= 11 is 3.42. The first-order valence-electron chi connectivity index (χ1n) is 7.64. The van der Waals surface area contributed by atoms with E-state index in [4.69, 9.17) is 0 Å². The molecule has 1 aliphatic rings. The number of nitrogens with zero attached hydrogens (tertiary/aromatic N) is 2. The molecule has 2 aromatic carbocycles. The molecule has 7 heteroatoms. The molecule has 4 rings (SSSR count). The number of anilines is 1. The van der Waals surface area contributed by atoms with Gasteiger partial charge in [0.15, 0.2) is 5.69 Å². The Morgan fingerprint density at radius 2 is 2.08 bits per heavy atom. The average Bonchev–Trinajstić information content (AvgIpc) is 3.23. The summed E-state index contributed by atoms with van der Waals surface area (Å²) in [7, 11) is 0. The molecule has 2 heterocycles. The third kappa shape index (κ3) is 3.06. The van der Waals surface area contributed by atoms with Crippen molar-refractivity contribution in [2.24, 2.45) is 0 Å². The van der Waals surface area contributed by atoms with Gasteiger partial charge in [-0.1, -0.05) is 28.1 Å². The summed E-state index contributed by atoms with van der Waals surface area (Å²) in [6, 6.07) is 14.6. The number of hydrogen-bond donors (Lipinski definition) is 2. The van der Waals surface area contributed by atoms with Crippen LogP contribution in [0.15, 0.2) is 59.2 Å². The molecule has 0 unspecified atom stereocenters. The fourth-order valence-corrected chi connectivity index (χ4v) is 3.08. The third-order valence-corrected chi connectivity index (χ3v) is 4.44.